The zero-order chi connectivity index (χ0) is 11.3. The summed E-state index contributed by atoms with van der Waals surface area (Å²) in [6.07, 6.45) is 1.02. The Hall–Kier alpha value is 0.100. The zero-order valence-corrected chi connectivity index (χ0v) is 11.6. The van der Waals surface area contributed by atoms with Gasteiger partial charge in [-0.3, -0.25) is 0 Å². The van der Waals surface area contributed by atoms with Crippen molar-refractivity contribution < 1.29 is 5.11 Å². The lowest BCUT2D eigenvalue weighted by Crippen LogP contribution is -2.33. The summed E-state index contributed by atoms with van der Waals surface area (Å²) in [4.78, 5) is 0. The van der Waals surface area contributed by atoms with Crippen LogP contribution in [0.5, 0.6) is 0 Å². The van der Waals surface area contributed by atoms with Gasteiger partial charge in [-0.05, 0) is 45.3 Å². The van der Waals surface area contributed by atoms with Crippen LogP contribution in [0.4, 0.5) is 0 Å². The van der Waals surface area contributed by atoms with Crippen LogP contribution in [0.15, 0.2) is 15.2 Å². The first-order valence-electron chi connectivity index (χ1n) is 5.19. The monoisotopic (exact) mass is 291 g/mol. The maximum atomic E-state index is 9.19. The van der Waals surface area contributed by atoms with Crippen molar-refractivity contribution in [1.29, 1.82) is 0 Å². The topological polar surface area (TPSA) is 32.3 Å². The minimum Gasteiger partial charge on any atom is -0.395 e. The van der Waals surface area contributed by atoms with Crippen molar-refractivity contribution >= 4 is 27.3 Å². The molecule has 1 aromatic rings. The van der Waals surface area contributed by atoms with E-state index in [9.17, 15) is 5.11 Å². The van der Waals surface area contributed by atoms with Gasteiger partial charge in [-0.25, -0.2) is 0 Å². The molecule has 0 aliphatic carbocycles. The Morgan fingerprint density at radius 1 is 1.53 bits per heavy atom. The van der Waals surface area contributed by atoms with Gasteiger partial charge in [0.2, 0.25) is 0 Å². The van der Waals surface area contributed by atoms with Crippen LogP contribution in [-0.4, -0.2) is 17.8 Å². The van der Waals surface area contributed by atoms with Crippen molar-refractivity contribution in [2.45, 2.75) is 32.9 Å². The normalized spacial score (nSPS) is 13.4. The van der Waals surface area contributed by atoms with E-state index in [-0.39, 0.29) is 12.6 Å². The van der Waals surface area contributed by atoms with Gasteiger partial charge >= 0.3 is 0 Å². The molecule has 2 N–H and O–H groups in total. The van der Waals surface area contributed by atoms with Crippen molar-refractivity contribution in [3.63, 3.8) is 0 Å². The van der Waals surface area contributed by atoms with Gasteiger partial charge in [0.05, 0.1) is 10.4 Å². The second-order valence-electron chi connectivity index (χ2n) is 4.15. The summed E-state index contributed by atoms with van der Waals surface area (Å²) in [5.41, 5.74) is 1.27. The molecule has 0 bridgehead atoms. The Balaban J connectivity index is 2.34. The van der Waals surface area contributed by atoms with Gasteiger partial charge in [0, 0.05) is 12.6 Å². The molecule has 0 saturated carbocycles. The predicted octanol–water partition coefficient (Wildman–Crippen LogP) is 3.01. The van der Waals surface area contributed by atoms with Crippen LogP contribution in [0.25, 0.3) is 0 Å². The fourth-order valence-electron chi connectivity index (χ4n) is 1.49. The third kappa shape index (κ3) is 5.11. The van der Waals surface area contributed by atoms with E-state index in [0.717, 1.165) is 16.8 Å². The first-order valence-corrected chi connectivity index (χ1v) is 6.86. The highest BCUT2D eigenvalue weighted by molar-refractivity contribution is 9.11. The number of hydrogen-bond acceptors (Lipinski definition) is 3. The fraction of sp³-hybridized carbons (Fsp3) is 0.636. The standard InChI is InChI=1S/C11H18BrNOS/c1-8(2)3-10(6-14)13-5-9-4-11(12)15-7-9/h4,7-8,10,13-14H,3,5-6H2,1-2H3. The third-order valence-electron chi connectivity index (χ3n) is 2.19. The van der Waals surface area contributed by atoms with Crippen molar-refractivity contribution in [2.24, 2.45) is 5.92 Å². The quantitative estimate of drug-likeness (QED) is 0.845. The third-order valence-corrected chi connectivity index (χ3v) is 3.75. The molecule has 1 atom stereocenters. The van der Waals surface area contributed by atoms with Crippen LogP contribution in [0.3, 0.4) is 0 Å². The van der Waals surface area contributed by atoms with Crippen LogP contribution in [0.1, 0.15) is 25.8 Å². The molecule has 1 rings (SSSR count). The van der Waals surface area contributed by atoms with E-state index < -0.39 is 0 Å². The highest BCUT2D eigenvalue weighted by atomic mass is 79.9. The number of rotatable bonds is 6. The van der Waals surface area contributed by atoms with Crippen LogP contribution in [-0.2, 0) is 6.54 Å². The molecule has 0 amide bonds. The summed E-state index contributed by atoms with van der Waals surface area (Å²) in [7, 11) is 0. The van der Waals surface area contributed by atoms with E-state index in [0.29, 0.717) is 5.92 Å². The highest BCUT2D eigenvalue weighted by Gasteiger charge is 2.09. The Morgan fingerprint density at radius 2 is 2.27 bits per heavy atom. The van der Waals surface area contributed by atoms with Crippen LogP contribution in [0.2, 0.25) is 0 Å². The maximum Gasteiger partial charge on any atom is 0.0701 e. The zero-order valence-electron chi connectivity index (χ0n) is 9.16. The Kier molecular flexibility index (Phi) is 5.82. The average molecular weight is 292 g/mol. The second-order valence-corrected chi connectivity index (χ2v) is 6.44. The molecule has 0 aromatic carbocycles. The van der Waals surface area contributed by atoms with Crippen LogP contribution < -0.4 is 5.32 Å². The van der Waals surface area contributed by atoms with Crippen LogP contribution in [0, 0.1) is 5.92 Å². The largest absolute Gasteiger partial charge is 0.395 e. The molecule has 1 unspecified atom stereocenters. The molecule has 1 heterocycles. The molecule has 0 radical (unpaired) electrons. The van der Waals surface area contributed by atoms with Crippen molar-refractivity contribution in [3.8, 4) is 0 Å². The number of aliphatic hydroxyl groups is 1. The maximum absolute atomic E-state index is 9.19. The summed E-state index contributed by atoms with van der Waals surface area (Å²) in [5.74, 6) is 0.615. The van der Waals surface area contributed by atoms with E-state index >= 15 is 0 Å². The Labute approximate surface area is 104 Å². The molecule has 2 nitrogen and oxygen atoms in total. The lowest BCUT2D eigenvalue weighted by atomic mass is 10.0. The van der Waals surface area contributed by atoms with Gasteiger partial charge in [-0.1, -0.05) is 13.8 Å². The first-order chi connectivity index (χ1) is 7.11. The molecule has 15 heavy (non-hydrogen) atoms. The average Bonchev–Trinajstić information content (AvgIpc) is 2.58. The van der Waals surface area contributed by atoms with E-state index in [1.54, 1.807) is 11.3 Å². The molecule has 0 aliphatic rings. The van der Waals surface area contributed by atoms with Gasteiger partial charge < -0.3 is 10.4 Å². The van der Waals surface area contributed by atoms with E-state index in [4.69, 9.17) is 0 Å². The molecule has 1 aromatic heterocycles. The van der Waals surface area contributed by atoms with Gasteiger partial charge in [0.25, 0.3) is 0 Å². The van der Waals surface area contributed by atoms with E-state index in [2.05, 4.69) is 46.5 Å². The number of aliphatic hydroxyl groups excluding tert-OH is 1. The molecular formula is C11H18BrNOS. The summed E-state index contributed by atoms with van der Waals surface area (Å²) in [6.45, 7) is 5.39. The molecule has 0 fully saturated rings. The minimum absolute atomic E-state index is 0.212. The SMILES string of the molecule is CC(C)CC(CO)NCc1csc(Br)c1. The number of hydrogen-bond donors (Lipinski definition) is 2. The van der Waals surface area contributed by atoms with Crippen molar-refractivity contribution in [1.82, 2.24) is 5.32 Å². The van der Waals surface area contributed by atoms with Gasteiger partial charge in [-0.2, -0.15) is 0 Å². The molecule has 0 saturated heterocycles. The molecular weight excluding hydrogens is 274 g/mol. The fourth-order valence-corrected chi connectivity index (χ4v) is 2.70. The Bertz CT molecular complexity index is 288. The molecule has 0 spiro atoms. The molecule has 0 aliphatic heterocycles. The highest BCUT2D eigenvalue weighted by Crippen LogP contribution is 2.20. The van der Waals surface area contributed by atoms with E-state index in [1.165, 1.54) is 5.56 Å². The minimum atomic E-state index is 0.212. The van der Waals surface area contributed by atoms with Crippen molar-refractivity contribution in [3.05, 3.63) is 20.8 Å². The van der Waals surface area contributed by atoms with E-state index in [1.807, 2.05) is 0 Å². The molecule has 86 valence electrons. The van der Waals surface area contributed by atoms with Gasteiger partial charge in [0.1, 0.15) is 0 Å². The lowest BCUT2D eigenvalue weighted by Gasteiger charge is -2.17. The first kappa shape index (κ1) is 13.2. The molecule has 4 heteroatoms. The summed E-state index contributed by atoms with van der Waals surface area (Å²) in [5, 5.41) is 14.7. The number of halogens is 1. The number of nitrogens with one attached hydrogen (secondary N) is 1. The summed E-state index contributed by atoms with van der Waals surface area (Å²) < 4.78 is 1.16. The lowest BCUT2D eigenvalue weighted by molar-refractivity contribution is 0.223. The summed E-state index contributed by atoms with van der Waals surface area (Å²) in [6, 6.07) is 2.32. The van der Waals surface area contributed by atoms with Crippen LogP contribution >= 0.6 is 27.3 Å². The predicted molar refractivity (Wildman–Crippen MR) is 69.2 cm³/mol. The number of thiophene rings is 1. The second kappa shape index (κ2) is 6.63. The van der Waals surface area contributed by atoms with Gasteiger partial charge in [-0.15, -0.1) is 11.3 Å². The van der Waals surface area contributed by atoms with Gasteiger partial charge in [0.15, 0.2) is 0 Å². The Morgan fingerprint density at radius 3 is 2.73 bits per heavy atom. The van der Waals surface area contributed by atoms with Crippen molar-refractivity contribution in [2.75, 3.05) is 6.61 Å². The summed E-state index contributed by atoms with van der Waals surface area (Å²) >= 11 is 5.13. The smallest absolute Gasteiger partial charge is 0.0701 e.